The van der Waals surface area contributed by atoms with Gasteiger partial charge in [0.2, 0.25) is 0 Å². The smallest absolute Gasteiger partial charge is 0.173 e. The van der Waals surface area contributed by atoms with E-state index in [9.17, 15) is 4.79 Å². The van der Waals surface area contributed by atoms with Crippen molar-refractivity contribution in [2.75, 3.05) is 21.5 Å². The van der Waals surface area contributed by atoms with Crippen LogP contribution in [0.5, 0.6) is 0 Å². The number of rotatable bonds is 7. The number of benzene rings is 3. The summed E-state index contributed by atoms with van der Waals surface area (Å²) in [6.07, 6.45) is 1.43. The van der Waals surface area contributed by atoms with Crippen molar-refractivity contribution in [1.82, 2.24) is 9.97 Å². The molecule has 0 radical (unpaired) electrons. The minimum atomic E-state index is -0.0111. The molecule has 0 aliphatic heterocycles. The largest absolute Gasteiger partial charge is 0.393 e. The topological polar surface area (TPSA) is 96.2 Å². The summed E-state index contributed by atoms with van der Waals surface area (Å²) in [5.41, 5.74) is 13.2. The SMILES string of the molecule is CC(=O)c1cccc(Nc2ncnc(NN(c3ccccc3)c3ccccc3)c2N)c1. The highest BCUT2D eigenvalue weighted by Crippen LogP contribution is 2.30. The second-order valence-electron chi connectivity index (χ2n) is 6.86. The van der Waals surface area contributed by atoms with Gasteiger partial charge in [-0.05, 0) is 43.3 Å². The first kappa shape index (κ1) is 19.9. The highest BCUT2D eigenvalue weighted by molar-refractivity contribution is 5.95. The maximum Gasteiger partial charge on any atom is 0.173 e. The van der Waals surface area contributed by atoms with Gasteiger partial charge >= 0.3 is 0 Å². The number of hydrogen-bond donors (Lipinski definition) is 3. The molecule has 3 aromatic carbocycles. The van der Waals surface area contributed by atoms with Crippen molar-refractivity contribution in [3.8, 4) is 0 Å². The van der Waals surface area contributed by atoms with E-state index in [1.54, 1.807) is 12.1 Å². The van der Waals surface area contributed by atoms with E-state index < -0.39 is 0 Å². The van der Waals surface area contributed by atoms with Crippen LogP contribution in [0.2, 0.25) is 0 Å². The van der Waals surface area contributed by atoms with Crippen LogP contribution in [-0.4, -0.2) is 15.8 Å². The summed E-state index contributed by atoms with van der Waals surface area (Å²) in [5.74, 6) is 0.884. The van der Waals surface area contributed by atoms with E-state index >= 15 is 0 Å². The zero-order chi connectivity index (χ0) is 21.6. The van der Waals surface area contributed by atoms with Crippen molar-refractivity contribution in [1.29, 1.82) is 0 Å². The number of anilines is 6. The number of ketones is 1. The molecule has 4 N–H and O–H groups in total. The van der Waals surface area contributed by atoms with Crippen molar-refractivity contribution >= 4 is 40.2 Å². The molecule has 31 heavy (non-hydrogen) atoms. The fraction of sp³-hybridized carbons (Fsp3) is 0.0417. The third-order valence-corrected chi connectivity index (χ3v) is 4.66. The maximum atomic E-state index is 11.7. The first-order valence-corrected chi connectivity index (χ1v) is 9.77. The number of hydrogen-bond acceptors (Lipinski definition) is 7. The number of para-hydroxylation sites is 2. The monoisotopic (exact) mass is 410 g/mol. The molecule has 154 valence electrons. The number of aromatic nitrogens is 2. The van der Waals surface area contributed by atoms with Gasteiger partial charge in [-0.2, -0.15) is 0 Å². The van der Waals surface area contributed by atoms with Crippen LogP contribution in [-0.2, 0) is 0 Å². The molecule has 1 aromatic heterocycles. The number of nitrogens with two attached hydrogens (primary N) is 1. The molecule has 1 heterocycles. The zero-order valence-corrected chi connectivity index (χ0v) is 17.0. The Balaban J connectivity index is 1.65. The molecule has 0 bridgehead atoms. The van der Waals surface area contributed by atoms with E-state index in [1.165, 1.54) is 13.3 Å². The Morgan fingerprint density at radius 1 is 0.839 bits per heavy atom. The highest BCUT2D eigenvalue weighted by atomic mass is 16.1. The summed E-state index contributed by atoms with van der Waals surface area (Å²) in [7, 11) is 0. The summed E-state index contributed by atoms with van der Waals surface area (Å²) >= 11 is 0. The summed E-state index contributed by atoms with van der Waals surface area (Å²) in [4.78, 5) is 20.3. The number of nitrogen functional groups attached to an aromatic ring is 1. The lowest BCUT2D eigenvalue weighted by atomic mass is 10.1. The summed E-state index contributed by atoms with van der Waals surface area (Å²) in [5, 5.41) is 5.08. The molecule has 0 atom stereocenters. The predicted octanol–water partition coefficient (Wildman–Crippen LogP) is 5.17. The average Bonchev–Trinajstić information content (AvgIpc) is 2.81. The van der Waals surface area contributed by atoms with Crippen LogP contribution >= 0.6 is 0 Å². The van der Waals surface area contributed by atoms with Gasteiger partial charge in [-0.3, -0.25) is 15.2 Å². The normalized spacial score (nSPS) is 10.4. The molecule has 0 aliphatic carbocycles. The van der Waals surface area contributed by atoms with Crippen molar-refractivity contribution in [2.24, 2.45) is 0 Å². The van der Waals surface area contributed by atoms with Crippen molar-refractivity contribution in [3.05, 3.63) is 96.8 Å². The minimum Gasteiger partial charge on any atom is -0.393 e. The van der Waals surface area contributed by atoms with Crippen LogP contribution < -0.4 is 21.5 Å². The molecule has 4 aromatic rings. The van der Waals surface area contributed by atoms with E-state index in [0.29, 0.717) is 28.6 Å². The van der Waals surface area contributed by atoms with Gasteiger partial charge in [0.05, 0.1) is 11.4 Å². The molecular formula is C24H22N6O. The van der Waals surface area contributed by atoms with Crippen LogP contribution in [0.3, 0.4) is 0 Å². The highest BCUT2D eigenvalue weighted by Gasteiger charge is 2.14. The fourth-order valence-corrected chi connectivity index (χ4v) is 3.08. The lowest BCUT2D eigenvalue weighted by Gasteiger charge is -2.26. The third kappa shape index (κ3) is 4.62. The number of Topliss-reactive ketones (excluding diaryl/α,β-unsaturated/α-hetero) is 1. The fourth-order valence-electron chi connectivity index (χ4n) is 3.08. The summed E-state index contributed by atoms with van der Waals surface area (Å²) in [6.45, 7) is 1.53. The zero-order valence-electron chi connectivity index (χ0n) is 17.0. The Morgan fingerprint density at radius 3 is 2.06 bits per heavy atom. The van der Waals surface area contributed by atoms with E-state index in [-0.39, 0.29) is 5.78 Å². The van der Waals surface area contributed by atoms with Crippen LogP contribution in [0.25, 0.3) is 0 Å². The molecule has 0 saturated carbocycles. The van der Waals surface area contributed by atoms with Gasteiger partial charge in [0, 0.05) is 11.3 Å². The molecule has 0 unspecified atom stereocenters. The Hall–Kier alpha value is -4.39. The van der Waals surface area contributed by atoms with Crippen LogP contribution in [0, 0.1) is 0 Å². The number of hydrazine groups is 1. The molecular weight excluding hydrogens is 388 g/mol. The predicted molar refractivity (Wildman–Crippen MR) is 125 cm³/mol. The van der Waals surface area contributed by atoms with Crippen LogP contribution in [0.4, 0.5) is 34.4 Å². The van der Waals surface area contributed by atoms with Gasteiger partial charge < -0.3 is 11.1 Å². The number of nitrogens with zero attached hydrogens (tertiary/aromatic N) is 3. The molecule has 7 heteroatoms. The number of carbonyl (C=O) groups excluding carboxylic acids is 1. The summed E-state index contributed by atoms with van der Waals surface area (Å²) in [6, 6.07) is 26.9. The van der Waals surface area contributed by atoms with Crippen molar-refractivity contribution in [3.63, 3.8) is 0 Å². The molecule has 0 aliphatic rings. The first-order valence-electron chi connectivity index (χ1n) is 9.77. The Morgan fingerprint density at radius 2 is 1.45 bits per heavy atom. The van der Waals surface area contributed by atoms with Gasteiger partial charge in [-0.25, -0.2) is 9.97 Å². The molecule has 0 amide bonds. The standard InChI is InChI=1S/C24H22N6O/c1-17(31)18-9-8-10-19(15-18)28-23-22(25)24(27-16-26-23)29-30(20-11-4-2-5-12-20)21-13-6-3-7-14-21/h2-16H,25H2,1H3,(H2,26,27,28,29). The summed E-state index contributed by atoms with van der Waals surface area (Å²) < 4.78 is 0. The molecule has 0 saturated heterocycles. The number of nitrogens with one attached hydrogen (secondary N) is 2. The van der Waals surface area contributed by atoms with Gasteiger partial charge in [-0.1, -0.05) is 48.5 Å². The van der Waals surface area contributed by atoms with E-state index in [2.05, 4.69) is 20.7 Å². The van der Waals surface area contributed by atoms with E-state index in [4.69, 9.17) is 5.73 Å². The van der Waals surface area contributed by atoms with Gasteiger partial charge in [0.1, 0.15) is 12.0 Å². The minimum absolute atomic E-state index is 0.0111. The Kier molecular flexibility index (Phi) is 5.75. The van der Waals surface area contributed by atoms with Crippen molar-refractivity contribution in [2.45, 2.75) is 6.92 Å². The lowest BCUT2D eigenvalue weighted by Crippen LogP contribution is -2.26. The van der Waals surface area contributed by atoms with Gasteiger partial charge in [0.25, 0.3) is 0 Å². The molecule has 7 nitrogen and oxygen atoms in total. The quantitative estimate of drug-likeness (QED) is 0.286. The van der Waals surface area contributed by atoms with E-state index in [1.807, 2.05) is 77.8 Å². The van der Waals surface area contributed by atoms with Gasteiger partial charge in [0.15, 0.2) is 17.4 Å². The lowest BCUT2D eigenvalue weighted by molar-refractivity contribution is 0.101. The average molecular weight is 410 g/mol. The third-order valence-electron chi connectivity index (χ3n) is 4.66. The van der Waals surface area contributed by atoms with Crippen LogP contribution in [0.1, 0.15) is 17.3 Å². The van der Waals surface area contributed by atoms with Gasteiger partial charge in [-0.15, -0.1) is 0 Å². The Labute approximate surface area is 180 Å². The Bertz CT molecular complexity index is 1140. The second kappa shape index (κ2) is 8.96. The van der Waals surface area contributed by atoms with E-state index in [0.717, 1.165) is 11.4 Å². The molecule has 0 spiro atoms. The van der Waals surface area contributed by atoms with Crippen molar-refractivity contribution < 1.29 is 4.79 Å². The second-order valence-corrected chi connectivity index (χ2v) is 6.86. The number of carbonyl (C=O) groups is 1. The van der Waals surface area contributed by atoms with Crippen LogP contribution in [0.15, 0.2) is 91.3 Å². The first-order chi connectivity index (χ1) is 15.1. The molecule has 0 fully saturated rings. The maximum absolute atomic E-state index is 11.7. The molecule has 4 rings (SSSR count).